The van der Waals surface area contributed by atoms with Gasteiger partial charge in [-0.3, -0.25) is 9.36 Å². The number of benzene rings is 3. The zero-order valence-electron chi connectivity index (χ0n) is 20.0. The van der Waals surface area contributed by atoms with Gasteiger partial charge in [-0.15, -0.1) is 0 Å². The molecule has 0 amide bonds. The monoisotopic (exact) mass is 504 g/mol. The van der Waals surface area contributed by atoms with Crippen LogP contribution in [0, 0.1) is 0 Å². The van der Waals surface area contributed by atoms with Crippen molar-refractivity contribution in [2.24, 2.45) is 5.16 Å². The molecule has 0 fully saturated rings. The lowest BCUT2D eigenvalue weighted by Crippen LogP contribution is -2.45. The average molecular weight is 505 g/mol. The fraction of sp³-hybridized carbons (Fsp3) is 0.222. The molecule has 36 heavy (non-hydrogen) atoms. The maximum atomic E-state index is 12.7. The van der Waals surface area contributed by atoms with Gasteiger partial charge in [-0.1, -0.05) is 65.0 Å². The highest BCUT2D eigenvalue weighted by Gasteiger charge is 2.13. The van der Waals surface area contributed by atoms with E-state index in [1.807, 2.05) is 60.7 Å². The van der Waals surface area contributed by atoms with E-state index in [-0.39, 0.29) is 4.87 Å². The Kier molecular flexibility index (Phi) is 8.14. The summed E-state index contributed by atoms with van der Waals surface area (Å²) < 4.78 is 8.39. The Balaban J connectivity index is 1.45. The standard InChI is InChI=1S/C27H27N3O5S/c1-28-22(26(31)32)16-18-8-11-21(12-9-18)35-15-14-30-23-13-10-20(17-24(23)36-27(30)33)25(29-34-2)19-6-4-3-5-7-19/h3-13,17,22,28H,14-16H2,1-2H3,(H,31,32)/p-1/b29-25+. The summed E-state index contributed by atoms with van der Waals surface area (Å²) >= 11 is 1.18. The number of hydrogen-bond donors (Lipinski definition) is 1. The molecular weight excluding hydrogens is 478 g/mol. The summed E-state index contributed by atoms with van der Waals surface area (Å²) in [5.74, 6) is -0.494. The van der Waals surface area contributed by atoms with Crippen molar-refractivity contribution < 1.29 is 19.5 Å². The Morgan fingerprint density at radius 1 is 1.08 bits per heavy atom. The van der Waals surface area contributed by atoms with Crippen LogP contribution in [0.5, 0.6) is 5.75 Å². The number of thiazole rings is 1. The molecule has 0 bridgehead atoms. The number of rotatable bonds is 11. The van der Waals surface area contributed by atoms with Crippen molar-refractivity contribution in [3.63, 3.8) is 0 Å². The predicted octanol–water partition coefficient (Wildman–Crippen LogP) is 2.42. The van der Waals surface area contributed by atoms with Crippen LogP contribution >= 0.6 is 11.3 Å². The number of carboxylic acids is 1. The number of likely N-dealkylation sites (N-methyl/N-ethyl adjacent to an activating group) is 1. The molecule has 8 nitrogen and oxygen atoms in total. The van der Waals surface area contributed by atoms with Gasteiger partial charge in [-0.05, 0) is 43.3 Å². The maximum absolute atomic E-state index is 12.7. The molecule has 1 aromatic heterocycles. The number of oxime groups is 1. The van der Waals surface area contributed by atoms with Gasteiger partial charge in [0.15, 0.2) is 0 Å². The highest BCUT2D eigenvalue weighted by Crippen LogP contribution is 2.22. The van der Waals surface area contributed by atoms with E-state index >= 15 is 0 Å². The van der Waals surface area contributed by atoms with Crippen molar-refractivity contribution in [2.45, 2.75) is 19.0 Å². The third kappa shape index (κ3) is 5.81. The molecule has 1 N–H and O–H groups in total. The smallest absolute Gasteiger partial charge is 0.308 e. The van der Waals surface area contributed by atoms with Crippen molar-refractivity contribution in [3.05, 3.63) is 99.2 Å². The normalized spacial score (nSPS) is 12.4. The van der Waals surface area contributed by atoms with E-state index in [0.29, 0.717) is 31.0 Å². The van der Waals surface area contributed by atoms with E-state index in [1.165, 1.54) is 18.4 Å². The lowest BCUT2D eigenvalue weighted by atomic mass is 10.0. The van der Waals surface area contributed by atoms with Gasteiger partial charge >= 0.3 is 4.87 Å². The van der Waals surface area contributed by atoms with Crippen LogP contribution in [-0.4, -0.2) is 43.1 Å². The lowest BCUT2D eigenvalue weighted by Gasteiger charge is -2.17. The summed E-state index contributed by atoms with van der Waals surface area (Å²) in [6.45, 7) is 0.704. The molecule has 1 heterocycles. The van der Waals surface area contributed by atoms with Crippen LogP contribution in [0.4, 0.5) is 0 Å². The van der Waals surface area contributed by atoms with Crippen LogP contribution in [0.25, 0.3) is 10.2 Å². The van der Waals surface area contributed by atoms with Crippen molar-refractivity contribution in [2.75, 3.05) is 20.8 Å². The second-order valence-electron chi connectivity index (χ2n) is 8.05. The van der Waals surface area contributed by atoms with Crippen molar-refractivity contribution in [1.82, 2.24) is 9.88 Å². The summed E-state index contributed by atoms with van der Waals surface area (Å²) in [5, 5.41) is 18.0. The van der Waals surface area contributed by atoms with E-state index in [9.17, 15) is 14.7 Å². The van der Waals surface area contributed by atoms with Crippen LogP contribution in [0.3, 0.4) is 0 Å². The number of carbonyl (C=O) groups excluding carboxylic acids is 1. The SMILES string of the molecule is CNC(Cc1ccc(OCCn2c(=O)sc3cc(/C(=N/OC)c4ccccc4)ccc32)cc1)C(=O)[O-]. The lowest BCUT2D eigenvalue weighted by molar-refractivity contribution is -0.308. The van der Waals surface area contributed by atoms with E-state index in [1.54, 1.807) is 23.7 Å². The van der Waals surface area contributed by atoms with Gasteiger partial charge in [0, 0.05) is 11.1 Å². The number of nitrogens with one attached hydrogen (secondary N) is 1. The van der Waals surface area contributed by atoms with Gasteiger partial charge in [0.1, 0.15) is 25.2 Å². The van der Waals surface area contributed by atoms with Crippen molar-refractivity contribution in [3.8, 4) is 5.75 Å². The first-order valence-corrected chi connectivity index (χ1v) is 12.2. The first kappa shape index (κ1) is 25.2. The van der Waals surface area contributed by atoms with Crippen LogP contribution in [-0.2, 0) is 22.6 Å². The molecule has 0 saturated carbocycles. The molecule has 3 aromatic carbocycles. The molecule has 9 heteroatoms. The molecule has 1 unspecified atom stereocenters. The first-order chi connectivity index (χ1) is 17.5. The van der Waals surface area contributed by atoms with Gasteiger partial charge in [-0.25, -0.2) is 0 Å². The largest absolute Gasteiger partial charge is 0.548 e. The Bertz CT molecular complexity index is 1410. The molecule has 186 valence electrons. The molecule has 0 spiro atoms. The molecule has 4 rings (SSSR count). The molecular formula is C27H26N3O5S-. The quantitative estimate of drug-likeness (QED) is 0.249. The minimum Gasteiger partial charge on any atom is -0.548 e. The number of aromatic nitrogens is 1. The average Bonchev–Trinajstić information content (AvgIpc) is 3.21. The molecule has 0 aliphatic carbocycles. The van der Waals surface area contributed by atoms with Gasteiger partial charge in [0.25, 0.3) is 0 Å². The fourth-order valence-electron chi connectivity index (χ4n) is 3.90. The molecule has 0 radical (unpaired) electrons. The van der Waals surface area contributed by atoms with Gasteiger partial charge in [0.2, 0.25) is 0 Å². The summed E-state index contributed by atoms with van der Waals surface area (Å²) in [7, 11) is 3.10. The van der Waals surface area contributed by atoms with Gasteiger partial charge in [-0.2, -0.15) is 0 Å². The first-order valence-electron chi connectivity index (χ1n) is 11.4. The number of carboxylic acid groups (broad SMARTS) is 1. The molecule has 4 aromatic rings. The highest BCUT2D eigenvalue weighted by molar-refractivity contribution is 7.16. The molecule has 0 aliphatic rings. The number of hydrogen-bond acceptors (Lipinski definition) is 8. The number of fused-ring (bicyclic) bond motifs is 1. The zero-order chi connectivity index (χ0) is 25.5. The van der Waals surface area contributed by atoms with Crippen LogP contribution in [0.2, 0.25) is 0 Å². The molecule has 0 saturated heterocycles. The third-order valence-electron chi connectivity index (χ3n) is 5.75. The van der Waals surface area contributed by atoms with Crippen LogP contribution in [0.1, 0.15) is 16.7 Å². The number of nitrogens with zero attached hydrogens (tertiary/aromatic N) is 2. The predicted molar refractivity (Wildman–Crippen MR) is 139 cm³/mol. The van der Waals surface area contributed by atoms with Crippen LogP contribution < -0.4 is 20.0 Å². The Morgan fingerprint density at radius 2 is 1.83 bits per heavy atom. The summed E-state index contributed by atoms with van der Waals surface area (Å²) in [4.78, 5) is 28.8. The van der Waals surface area contributed by atoms with E-state index in [0.717, 1.165) is 26.9 Å². The molecule has 1 atom stereocenters. The fourth-order valence-corrected chi connectivity index (χ4v) is 4.86. The summed E-state index contributed by atoms with van der Waals surface area (Å²) in [6.07, 6.45) is 0.318. The Hall–Kier alpha value is -3.95. The van der Waals surface area contributed by atoms with Crippen molar-refractivity contribution in [1.29, 1.82) is 0 Å². The number of aliphatic carboxylic acids is 1. The minimum absolute atomic E-state index is 0.0635. The summed E-state index contributed by atoms with van der Waals surface area (Å²) in [6, 6.07) is 22.0. The maximum Gasteiger partial charge on any atom is 0.308 e. The van der Waals surface area contributed by atoms with E-state index in [4.69, 9.17) is 9.57 Å². The third-order valence-corrected chi connectivity index (χ3v) is 6.69. The van der Waals surface area contributed by atoms with Gasteiger partial charge in [0.05, 0.1) is 28.8 Å². The second-order valence-corrected chi connectivity index (χ2v) is 9.04. The highest BCUT2D eigenvalue weighted by atomic mass is 32.1. The van der Waals surface area contributed by atoms with Crippen LogP contribution in [0.15, 0.2) is 82.7 Å². The minimum atomic E-state index is -1.14. The Labute approximate surface area is 212 Å². The van der Waals surface area contributed by atoms with E-state index in [2.05, 4.69) is 10.5 Å². The Morgan fingerprint density at radius 3 is 2.50 bits per heavy atom. The molecule has 0 aliphatic heterocycles. The topological polar surface area (TPSA) is 105 Å². The van der Waals surface area contributed by atoms with Gasteiger partial charge < -0.3 is 24.8 Å². The number of carbonyl (C=O) groups is 1. The van der Waals surface area contributed by atoms with E-state index < -0.39 is 12.0 Å². The number of ether oxygens (including phenoxy) is 1. The zero-order valence-corrected chi connectivity index (χ0v) is 20.8. The second kappa shape index (κ2) is 11.7. The summed E-state index contributed by atoms with van der Waals surface area (Å²) in [5.41, 5.74) is 4.16. The van der Waals surface area contributed by atoms with Crippen molar-refractivity contribution >= 4 is 33.2 Å².